The summed E-state index contributed by atoms with van der Waals surface area (Å²) in [6, 6.07) is 7.05. The number of fused-ring (bicyclic) bond motifs is 2. The number of aromatic nitrogens is 2. The van der Waals surface area contributed by atoms with E-state index in [-0.39, 0.29) is 11.7 Å². The minimum atomic E-state index is -0.118. The summed E-state index contributed by atoms with van der Waals surface area (Å²) in [7, 11) is 1.80. The molecule has 1 N–H and O–H groups in total. The van der Waals surface area contributed by atoms with Crippen molar-refractivity contribution in [3.05, 3.63) is 48.0 Å². The van der Waals surface area contributed by atoms with Gasteiger partial charge in [0.15, 0.2) is 5.82 Å². The van der Waals surface area contributed by atoms with Crippen molar-refractivity contribution >= 4 is 17.4 Å². The van der Waals surface area contributed by atoms with E-state index >= 15 is 0 Å². The number of rotatable bonds is 5. The van der Waals surface area contributed by atoms with Crippen molar-refractivity contribution in [1.82, 2.24) is 9.55 Å². The van der Waals surface area contributed by atoms with Gasteiger partial charge in [-0.05, 0) is 61.3 Å². The highest BCUT2D eigenvalue weighted by molar-refractivity contribution is 6.07. The molecule has 0 unspecified atom stereocenters. The third-order valence-electron chi connectivity index (χ3n) is 5.79. The summed E-state index contributed by atoms with van der Waals surface area (Å²) < 4.78 is 1.70. The highest BCUT2D eigenvalue weighted by atomic mass is 16.1. The van der Waals surface area contributed by atoms with E-state index in [9.17, 15) is 9.59 Å². The van der Waals surface area contributed by atoms with E-state index in [2.05, 4.69) is 10.3 Å². The number of nitrogens with one attached hydrogen (secondary N) is 1. The van der Waals surface area contributed by atoms with Crippen LogP contribution in [0.15, 0.2) is 36.7 Å². The monoisotopic (exact) mass is 337 g/mol. The SMILES string of the molecule is Cn1ccnc1C(=O)c1ccc(NC(=O)C[C@@H]2C[C@H]3CC[C@H]2C3)cc1. The Morgan fingerprint density at radius 1 is 1.20 bits per heavy atom. The zero-order valence-electron chi connectivity index (χ0n) is 14.4. The summed E-state index contributed by atoms with van der Waals surface area (Å²) in [5.74, 6) is 2.55. The Morgan fingerprint density at radius 3 is 2.60 bits per heavy atom. The van der Waals surface area contributed by atoms with E-state index in [1.165, 1.54) is 25.7 Å². The molecule has 25 heavy (non-hydrogen) atoms. The molecule has 1 heterocycles. The second-order valence-corrected chi connectivity index (χ2v) is 7.46. The zero-order chi connectivity index (χ0) is 17.4. The van der Waals surface area contributed by atoms with Gasteiger partial charge in [0.1, 0.15) is 0 Å². The molecule has 3 atom stereocenters. The Hall–Kier alpha value is -2.43. The number of carbonyl (C=O) groups is 2. The van der Waals surface area contributed by atoms with Gasteiger partial charge in [-0.1, -0.05) is 6.42 Å². The van der Waals surface area contributed by atoms with Crippen LogP contribution in [0.1, 0.15) is 48.3 Å². The predicted octanol–water partition coefficient (Wildman–Crippen LogP) is 3.42. The average Bonchev–Trinajstić information content (AvgIpc) is 3.31. The minimum Gasteiger partial charge on any atom is -0.331 e. The van der Waals surface area contributed by atoms with Crippen LogP contribution in [-0.2, 0) is 11.8 Å². The molecule has 0 aliphatic heterocycles. The molecule has 0 radical (unpaired) electrons. The summed E-state index contributed by atoms with van der Waals surface area (Å²) >= 11 is 0. The van der Waals surface area contributed by atoms with Gasteiger partial charge in [0.2, 0.25) is 11.7 Å². The Kier molecular flexibility index (Phi) is 4.15. The molecule has 1 amide bonds. The zero-order valence-corrected chi connectivity index (χ0v) is 14.4. The highest BCUT2D eigenvalue weighted by Gasteiger charge is 2.40. The third kappa shape index (κ3) is 3.23. The predicted molar refractivity (Wildman–Crippen MR) is 95.3 cm³/mol. The fraction of sp³-hybridized carbons (Fsp3) is 0.450. The molecule has 2 aliphatic carbocycles. The third-order valence-corrected chi connectivity index (χ3v) is 5.79. The van der Waals surface area contributed by atoms with Crippen LogP contribution >= 0.6 is 0 Å². The number of ketones is 1. The lowest BCUT2D eigenvalue weighted by atomic mass is 9.86. The Bertz CT molecular complexity index is 794. The summed E-state index contributed by atoms with van der Waals surface area (Å²) in [6.07, 6.45) is 9.17. The fourth-order valence-electron chi connectivity index (χ4n) is 4.50. The quantitative estimate of drug-likeness (QED) is 0.850. The Labute approximate surface area is 147 Å². The molecule has 2 saturated carbocycles. The van der Waals surface area contributed by atoms with E-state index in [1.54, 1.807) is 48.3 Å². The number of aryl methyl sites for hydroxylation is 1. The molecule has 1 aromatic heterocycles. The van der Waals surface area contributed by atoms with Crippen LogP contribution in [0.2, 0.25) is 0 Å². The number of amides is 1. The smallest absolute Gasteiger partial charge is 0.228 e. The fourth-order valence-corrected chi connectivity index (χ4v) is 4.50. The maximum atomic E-state index is 12.4. The van der Waals surface area contributed by atoms with Gasteiger partial charge in [-0.15, -0.1) is 0 Å². The molecule has 130 valence electrons. The van der Waals surface area contributed by atoms with Gasteiger partial charge >= 0.3 is 0 Å². The van der Waals surface area contributed by atoms with Gasteiger partial charge in [-0.2, -0.15) is 0 Å². The summed E-state index contributed by atoms with van der Waals surface area (Å²) in [5, 5.41) is 2.97. The van der Waals surface area contributed by atoms with Crippen molar-refractivity contribution in [1.29, 1.82) is 0 Å². The van der Waals surface area contributed by atoms with E-state index in [0.29, 0.717) is 23.7 Å². The van der Waals surface area contributed by atoms with Gasteiger partial charge in [0, 0.05) is 37.1 Å². The Balaban J connectivity index is 1.36. The van der Waals surface area contributed by atoms with E-state index in [0.717, 1.165) is 17.5 Å². The lowest BCUT2D eigenvalue weighted by molar-refractivity contribution is -0.117. The van der Waals surface area contributed by atoms with Crippen LogP contribution in [0.25, 0.3) is 0 Å². The summed E-state index contributed by atoms with van der Waals surface area (Å²) in [5.41, 5.74) is 1.31. The molecular formula is C20H23N3O2. The van der Waals surface area contributed by atoms with Crippen molar-refractivity contribution in [3.63, 3.8) is 0 Å². The first-order chi connectivity index (χ1) is 12.1. The number of carbonyl (C=O) groups excluding carboxylic acids is 2. The second kappa shape index (κ2) is 6.47. The van der Waals surface area contributed by atoms with Gasteiger partial charge in [0.25, 0.3) is 0 Å². The van der Waals surface area contributed by atoms with Crippen LogP contribution in [0.4, 0.5) is 5.69 Å². The number of nitrogens with zero attached hydrogens (tertiary/aromatic N) is 2. The van der Waals surface area contributed by atoms with Crippen LogP contribution in [0, 0.1) is 17.8 Å². The topological polar surface area (TPSA) is 64.0 Å². The number of hydrogen-bond donors (Lipinski definition) is 1. The van der Waals surface area contributed by atoms with Crippen LogP contribution in [0.3, 0.4) is 0 Å². The lowest BCUT2D eigenvalue weighted by Gasteiger charge is -2.20. The van der Waals surface area contributed by atoms with Crippen molar-refractivity contribution in [3.8, 4) is 0 Å². The normalized spacial score (nSPS) is 24.4. The number of benzene rings is 1. The molecule has 0 saturated heterocycles. The van der Waals surface area contributed by atoms with Crippen LogP contribution in [-0.4, -0.2) is 21.2 Å². The molecule has 5 nitrogen and oxygen atoms in total. The van der Waals surface area contributed by atoms with E-state index in [4.69, 9.17) is 0 Å². The van der Waals surface area contributed by atoms with Crippen LogP contribution in [0.5, 0.6) is 0 Å². The maximum Gasteiger partial charge on any atom is 0.228 e. The Morgan fingerprint density at radius 2 is 2.00 bits per heavy atom. The number of anilines is 1. The van der Waals surface area contributed by atoms with Gasteiger partial charge in [-0.3, -0.25) is 9.59 Å². The van der Waals surface area contributed by atoms with Gasteiger partial charge in [0.05, 0.1) is 0 Å². The first-order valence-corrected chi connectivity index (χ1v) is 9.02. The first kappa shape index (κ1) is 16.1. The molecule has 1 aromatic carbocycles. The maximum absolute atomic E-state index is 12.4. The molecule has 5 heteroatoms. The van der Waals surface area contributed by atoms with E-state index in [1.807, 2.05) is 0 Å². The van der Waals surface area contributed by atoms with Crippen LogP contribution < -0.4 is 5.32 Å². The van der Waals surface area contributed by atoms with Crippen molar-refractivity contribution in [2.24, 2.45) is 24.8 Å². The van der Waals surface area contributed by atoms with Gasteiger partial charge in [-0.25, -0.2) is 4.98 Å². The standard InChI is InChI=1S/C20H23N3O2/c1-23-9-8-21-20(23)19(25)14-4-6-17(7-5-14)22-18(24)12-16-11-13-2-3-15(16)10-13/h4-9,13,15-16H,2-3,10-12H2,1H3,(H,22,24)/t13-,15-,16-/m0/s1. The molecule has 2 aromatic rings. The molecular weight excluding hydrogens is 314 g/mol. The number of imidazole rings is 1. The summed E-state index contributed by atoms with van der Waals surface area (Å²) in [4.78, 5) is 28.8. The van der Waals surface area contributed by atoms with Gasteiger partial charge < -0.3 is 9.88 Å². The average molecular weight is 337 g/mol. The largest absolute Gasteiger partial charge is 0.331 e. The first-order valence-electron chi connectivity index (χ1n) is 9.02. The van der Waals surface area contributed by atoms with Crippen molar-refractivity contribution < 1.29 is 9.59 Å². The van der Waals surface area contributed by atoms with Crippen molar-refractivity contribution in [2.75, 3.05) is 5.32 Å². The molecule has 0 spiro atoms. The minimum absolute atomic E-state index is 0.0840. The molecule has 2 fully saturated rings. The van der Waals surface area contributed by atoms with E-state index < -0.39 is 0 Å². The highest BCUT2D eigenvalue weighted by Crippen LogP contribution is 2.49. The lowest BCUT2D eigenvalue weighted by Crippen LogP contribution is -2.20. The second-order valence-electron chi connectivity index (χ2n) is 7.46. The number of hydrogen-bond acceptors (Lipinski definition) is 3. The van der Waals surface area contributed by atoms with Crippen molar-refractivity contribution in [2.45, 2.75) is 32.1 Å². The summed E-state index contributed by atoms with van der Waals surface area (Å²) in [6.45, 7) is 0. The molecule has 2 bridgehead atoms. The molecule has 4 rings (SSSR count). The molecule has 2 aliphatic rings.